The second-order valence-electron chi connectivity index (χ2n) is 5.37. The van der Waals surface area contributed by atoms with Gasteiger partial charge in [-0.05, 0) is 31.5 Å². The molecule has 0 aliphatic heterocycles. The van der Waals surface area contributed by atoms with Crippen LogP contribution in [-0.4, -0.2) is 23.7 Å². The van der Waals surface area contributed by atoms with Crippen LogP contribution in [0.3, 0.4) is 0 Å². The van der Waals surface area contributed by atoms with Crippen molar-refractivity contribution in [2.24, 2.45) is 17.8 Å². The molecule has 0 aromatic heterocycles. The van der Waals surface area contributed by atoms with Gasteiger partial charge in [0.25, 0.3) is 0 Å². The van der Waals surface area contributed by atoms with Gasteiger partial charge in [-0.15, -0.1) is 0 Å². The predicted octanol–water partition coefficient (Wildman–Crippen LogP) is 2.34. The Hall–Kier alpha value is 0.0669. The number of allylic oxidation sites excluding steroid dienone is 2. The largest absolute Gasteiger partial charge is 0.432 e. The molecule has 0 amide bonds. The fourth-order valence-corrected chi connectivity index (χ4v) is 5.39. The second-order valence-corrected chi connectivity index (χ2v) is 10.6. The summed E-state index contributed by atoms with van der Waals surface area (Å²) in [4.78, 5) is 22.2. The summed E-state index contributed by atoms with van der Waals surface area (Å²) < 4.78 is 0. The van der Waals surface area contributed by atoms with Crippen molar-refractivity contribution in [2.45, 2.75) is 30.4 Å². The van der Waals surface area contributed by atoms with Crippen LogP contribution in [0.25, 0.3) is 0 Å². The van der Waals surface area contributed by atoms with Crippen molar-refractivity contribution < 1.29 is 9.59 Å². The van der Waals surface area contributed by atoms with Gasteiger partial charge in [-0.1, -0.05) is 28.1 Å². The number of alkyl halides is 1. The van der Waals surface area contributed by atoms with Gasteiger partial charge >= 0.3 is 0 Å². The molecule has 0 saturated heterocycles. The van der Waals surface area contributed by atoms with E-state index in [1.807, 2.05) is 19.2 Å². The molecule has 2 bridgehead atoms. The zero-order chi connectivity index (χ0) is 11.2. The summed E-state index contributed by atoms with van der Waals surface area (Å²) in [5.41, 5.74) is 0. The van der Waals surface area contributed by atoms with Crippen molar-refractivity contribution in [3.63, 3.8) is 0 Å². The van der Waals surface area contributed by atoms with Gasteiger partial charge in [-0.25, -0.2) is 0 Å². The van der Waals surface area contributed by atoms with Gasteiger partial charge in [-0.3, -0.25) is 4.79 Å². The minimum atomic E-state index is -2.05. The van der Waals surface area contributed by atoms with E-state index in [1.54, 1.807) is 0 Å². The highest BCUT2D eigenvalue weighted by Gasteiger charge is 2.45. The Morgan fingerprint density at radius 3 is 2.67 bits per heavy atom. The van der Waals surface area contributed by atoms with Crippen molar-refractivity contribution in [3.05, 3.63) is 12.2 Å². The molecule has 84 valence electrons. The summed E-state index contributed by atoms with van der Waals surface area (Å²) in [5.74, 6) is 0.882. The number of ketones is 1. The molecule has 0 spiro atoms. The Bertz CT molecular complexity index is 308. The Labute approximate surface area is 100 Å². The fourth-order valence-electron chi connectivity index (χ4n) is 2.77. The molecule has 1 saturated carbocycles. The third kappa shape index (κ3) is 2.27. The van der Waals surface area contributed by atoms with Crippen LogP contribution in [0, 0.1) is 17.8 Å². The lowest BCUT2D eigenvalue weighted by atomic mass is 9.79. The zero-order valence-electron chi connectivity index (χ0n) is 9.11. The van der Waals surface area contributed by atoms with Gasteiger partial charge in [0.15, 0.2) is 8.32 Å². The Kier molecular flexibility index (Phi) is 2.94. The predicted molar refractivity (Wildman–Crippen MR) is 66.5 cm³/mol. The molecule has 1 fully saturated rings. The van der Waals surface area contributed by atoms with Gasteiger partial charge in [0.2, 0.25) is 0 Å². The maximum absolute atomic E-state index is 11.9. The van der Waals surface area contributed by atoms with E-state index in [4.69, 9.17) is 0 Å². The number of carbonyl (C=O) groups excluding carboxylic acids is 1. The molecular weight excluding hydrogens is 272 g/mol. The van der Waals surface area contributed by atoms with E-state index in [2.05, 4.69) is 22.0 Å². The van der Waals surface area contributed by atoms with Crippen LogP contribution in [0.4, 0.5) is 0 Å². The molecule has 0 radical (unpaired) electrons. The maximum Gasteiger partial charge on any atom is 0.182 e. The first-order chi connectivity index (χ1) is 6.88. The number of Topliss-reactive ketones (excluding diaryl/α,β-unsaturated/α-hetero) is 1. The number of halogens is 1. The molecule has 2 aliphatic carbocycles. The Morgan fingerprint density at radius 2 is 2.07 bits per heavy atom. The van der Waals surface area contributed by atoms with E-state index < -0.39 is 8.32 Å². The fraction of sp³-hybridized carbons (Fsp3) is 0.727. The molecule has 2 nitrogen and oxygen atoms in total. The van der Waals surface area contributed by atoms with E-state index in [1.165, 1.54) is 0 Å². The number of hydrogen-bond acceptors (Lipinski definition) is 2. The van der Waals surface area contributed by atoms with E-state index >= 15 is 0 Å². The van der Waals surface area contributed by atoms with Gasteiger partial charge in [-0.2, -0.15) is 0 Å². The normalized spacial score (nSPS) is 39.9. The SMILES string of the molecule is C[Si](C)(O)C[C@@H]1C[C@@H](Br)[C@H]2C=C[C@@H]1C2=O. The molecule has 2 rings (SSSR count). The van der Waals surface area contributed by atoms with Gasteiger partial charge < -0.3 is 4.80 Å². The highest BCUT2D eigenvalue weighted by Crippen LogP contribution is 2.44. The van der Waals surface area contributed by atoms with Gasteiger partial charge in [0.05, 0.1) is 0 Å². The molecule has 4 atom stereocenters. The summed E-state index contributed by atoms with van der Waals surface area (Å²) in [5, 5.41) is 0. The van der Waals surface area contributed by atoms with E-state index in [0.29, 0.717) is 11.7 Å². The standard InChI is InChI=1S/C11H17BrO2Si/c1-15(2,14)6-7-5-10(12)9-4-3-8(7)11(9)13/h3-4,7-10,14H,5-6H2,1-2H3/t7-,8-,9+,10+/m0/s1. The average molecular weight is 289 g/mol. The van der Waals surface area contributed by atoms with Crippen LogP contribution >= 0.6 is 15.9 Å². The van der Waals surface area contributed by atoms with Crippen molar-refractivity contribution in [2.75, 3.05) is 0 Å². The summed E-state index contributed by atoms with van der Waals surface area (Å²) in [6.07, 6.45) is 5.11. The van der Waals surface area contributed by atoms with Crippen LogP contribution in [0.1, 0.15) is 6.42 Å². The molecule has 1 N–H and O–H groups in total. The topological polar surface area (TPSA) is 37.3 Å². The molecule has 0 aromatic rings. The van der Waals surface area contributed by atoms with Crippen LogP contribution in [0.15, 0.2) is 12.2 Å². The minimum absolute atomic E-state index is 0.0859. The lowest BCUT2D eigenvalue weighted by Gasteiger charge is -2.34. The van der Waals surface area contributed by atoms with Crippen molar-refractivity contribution in [3.8, 4) is 0 Å². The summed E-state index contributed by atoms with van der Waals surface area (Å²) in [6, 6.07) is 0.836. The molecular formula is C11H17BrO2Si. The molecule has 2 aliphatic rings. The average Bonchev–Trinajstić information content (AvgIpc) is 2.34. The lowest BCUT2D eigenvalue weighted by molar-refractivity contribution is -0.126. The van der Waals surface area contributed by atoms with E-state index in [9.17, 15) is 9.59 Å². The highest BCUT2D eigenvalue weighted by atomic mass is 79.9. The van der Waals surface area contributed by atoms with Gasteiger partial charge in [0.1, 0.15) is 5.78 Å². The quantitative estimate of drug-likeness (QED) is 0.481. The Balaban J connectivity index is 2.14. The van der Waals surface area contributed by atoms with Crippen LogP contribution in [0.2, 0.25) is 19.1 Å². The number of fused-ring (bicyclic) bond motifs is 2. The minimum Gasteiger partial charge on any atom is -0.432 e. The first-order valence-electron chi connectivity index (χ1n) is 5.47. The molecule has 0 unspecified atom stereocenters. The second kappa shape index (κ2) is 3.82. The zero-order valence-corrected chi connectivity index (χ0v) is 11.7. The van der Waals surface area contributed by atoms with Crippen molar-refractivity contribution >= 4 is 30.0 Å². The summed E-state index contributed by atoms with van der Waals surface area (Å²) >= 11 is 3.59. The highest BCUT2D eigenvalue weighted by molar-refractivity contribution is 9.09. The first kappa shape index (κ1) is 11.5. The maximum atomic E-state index is 11.9. The Morgan fingerprint density at radius 1 is 1.47 bits per heavy atom. The van der Waals surface area contributed by atoms with Crippen LogP contribution < -0.4 is 0 Å². The number of carbonyl (C=O) groups is 1. The molecule has 15 heavy (non-hydrogen) atoms. The molecule has 0 heterocycles. The van der Waals surface area contributed by atoms with Gasteiger partial charge in [0, 0.05) is 16.7 Å². The summed E-state index contributed by atoms with van der Waals surface area (Å²) in [6.45, 7) is 3.90. The summed E-state index contributed by atoms with van der Waals surface area (Å²) in [7, 11) is -2.05. The number of hydrogen-bond donors (Lipinski definition) is 1. The van der Waals surface area contributed by atoms with Crippen molar-refractivity contribution in [1.29, 1.82) is 0 Å². The number of rotatable bonds is 2. The first-order valence-corrected chi connectivity index (χ1v) is 9.54. The third-order valence-corrected chi connectivity index (χ3v) is 5.84. The molecule has 4 heteroatoms. The van der Waals surface area contributed by atoms with Crippen LogP contribution in [-0.2, 0) is 4.79 Å². The third-order valence-electron chi connectivity index (χ3n) is 3.37. The van der Waals surface area contributed by atoms with Crippen LogP contribution in [0.5, 0.6) is 0 Å². The van der Waals surface area contributed by atoms with Crippen molar-refractivity contribution in [1.82, 2.24) is 0 Å². The van der Waals surface area contributed by atoms with E-state index in [-0.39, 0.29) is 16.7 Å². The van der Waals surface area contributed by atoms with E-state index in [0.717, 1.165) is 12.5 Å². The smallest absolute Gasteiger partial charge is 0.182 e. The lowest BCUT2D eigenvalue weighted by Crippen LogP contribution is -2.40. The molecule has 0 aromatic carbocycles. The monoisotopic (exact) mass is 288 g/mol.